The average molecular weight is 445 g/mol. The summed E-state index contributed by atoms with van der Waals surface area (Å²) in [6, 6.07) is 8.92. The lowest BCUT2D eigenvalue weighted by Gasteiger charge is -2.26. The van der Waals surface area contributed by atoms with E-state index in [1.54, 1.807) is 4.40 Å². The molecular formula is C27H29FN4O. The number of H-pyrrole nitrogens is 1. The lowest BCUT2D eigenvalue weighted by molar-refractivity contribution is 0.305. The molecule has 5 nitrogen and oxygen atoms in total. The maximum atomic E-state index is 13.5. The Bertz CT molecular complexity index is 1430. The molecule has 0 bridgehead atoms. The highest BCUT2D eigenvalue weighted by Crippen LogP contribution is 2.29. The molecule has 3 aromatic heterocycles. The first-order valence-electron chi connectivity index (χ1n) is 11.6. The first-order valence-corrected chi connectivity index (χ1v) is 11.6. The molecule has 0 radical (unpaired) electrons. The van der Waals surface area contributed by atoms with Crippen molar-refractivity contribution in [2.24, 2.45) is 0 Å². The van der Waals surface area contributed by atoms with E-state index < -0.39 is 0 Å². The minimum atomic E-state index is -0.227. The molecular weight excluding hydrogens is 415 g/mol. The lowest BCUT2D eigenvalue weighted by Crippen LogP contribution is -2.32. The van der Waals surface area contributed by atoms with Crippen molar-refractivity contribution < 1.29 is 4.39 Å². The Morgan fingerprint density at radius 1 is 1.21 bits per heavy atom. The number of nitrogens with one attached hydrogen (secondary N) is 1. The second kappa shape index (κ2) is 8.60. The Labute approximate surface area is 192 Å². The van der Waals surface area contributed by atoms with Crippen LogP contribution in [0.1, 0.15) is 48.6 Å². The molecule has 5 rings (SSSR count). The van der Waals surface area contributed by atoms with E-state index in [1.807, 2.05) is 37.5 Å². The predicted octanol–water partition coefficient (Wildman–Crippen LogP) is 5.08. The van der Waals surface area contributed by atoms with Crippen molar-refractivity contribution in [1.82, 2.24) is 19.3 Å². The molecule has 0 fully saturated rings. The summed E-state index contributed by atoms with van der Waals surface area (Å²) in [7, 11) is 0. The molecule has 1 N–H and O–H groups in total. The second-order valence-electron chi connectivity index (χ2n) is 9.25. The summed E-state index contributed by atoms with van der Waals surface area (Å²) in [6.07, 6.45) is 7.69. The Balaban J connectivity index is 1.31. The number of rotatable bonds is 5. The fourth-order valence-corrected chi connectivity index (χ4v) is 4.74. The molecule has 1 aliphatic heterocycles. The minimum Gasteiger partial charge on any atom is -0.360 e. The van der Waals surface area contributed by atoms with Crippen molar-refractivity contribution in [3.63, 3.8) is 0 Å². The maximum Gasteiger partial charge on any atom is 0.261 e. The summed E-state index contributed by atoms with van der Waals surface area (Å²) in [4.78, 5) is 23.4. The van der Waals surface area contributed by atoms with E-state index in [0.29, 0.717) is 12.3 Å². The normalized spacial score (nSPS) is 15.0. The van der Waals surface area contributed by atoms with Crippen LogP contribution in [0.25, 0.3) is 22.1 Å². The van der Waals surface area contributed by atoms with E-state index in [-0.39, 0.29) is 11.4 Å². The molecule has 0 atom stereocenters. The molecule has 33 heavy (non-hydrogen) atoms. The van der Waals surface area contributed by atoms with Gasteiger partial charge in [0.05, 0.1) is 0 Å². The molecule has 4 heterocycles. The Morgan fingerprint density at radius 2 is 2.06 bits per heavy atom. The zero-order valence-electron chi connectivity index (χ0n) is 19.4. The molecule has 1 aromatic carbocycles. The van der Waals surface area contributed by atoms with Crippen LogP contribution in [0, 0.1) is 12.7 Å². The first kappa shape index (κ1) is 21.6. The number of aromatic nitrogens is 3. The van der Waals surface area contributed by atoms with Crippen LogP contribution in [-0.4, -0.2) is 38.9 Å². The molecule has 170 valence electrons. The van der Waals surface area contributed by atoms with Crippen molar-refractivity contribution in [2.75, 3.05) is 19.6 Å². The summed E-state index contributed by atoms with van der Waals surface area (Å²) in [5.41, 5.74) is 6.81. The quantitative estimate of drug-likeness (QED) is 0.467. The predicted molar refractivity (Wildman–Crippen MR) is 131 cm³/mol. The van der Waals surface area contributed by atoms with Crippen molar-refractivity contribution in [1.29, 1.82) is 0 Å². The van der Waals surface area contributed by atoms with Crippen LogP contribution in [0.15, 0.2) is 53.6 Å². The smallest absolute Gasteiger partial charge is 0.261 e. The number of hydrogen-bond donors (Lipinski definition) is 1. The van der Waals surface area contributed by atoms with Crippen molar-refractivity contribution in [2.45, 2.75) is 39.5 Å². The molecule has 0 aliphatic carbocycles. The molecule has 0 amide bonds. The third-order valence-corrected chi connectivity index (χ3v) is 6.78. The van der Waals surface area contributed by atoms with Gasteiger partial charge in [0.25, 0.3) is 5.56 Å². The molecule has 0 unspecified atom stereocenters. The van der Waals surface area contributed by atoms with Crippen LogP contribution in [0.4, 0.5) is 4.39 Å². The van der Waals surface area contributed by atoms with E-state index in [1.165, 1.54) is 23.3 Å². The largest absolute Gasteiger partial charge is 0.360 e. The van der Waals surface area contributed by atoms with Gasteiger partial charge in [-0.2, -0.15) is 0 Å². The summed E-state index contributed by atoms with van der Waals surface area (Å²) in [5.74, 6) is 0.170. The summed E-state index contributed by atoms with van der Waals surface area (Å²) in [6.45, 7) is 8.80. The fraction of sp³-hybridized carbons (Fsp3) is 0.333. The first-order chi connectivity index (χ1) is 15.9. The van der Waals surface area contributed by atoms with Gasteiger partial charge in [-0.25, -0.2) is 9.37 Å². The van der Waals surface area contributed by atoms with Crippen LogP contribution in [-0.2, 0) is 6.42 Å². The van der Waals surface area contributed by atoms with Gasteiger partial charge >= 0.3 is 0 Å². The number of halogens is 1. The van der Waals surface area contributed by atoms with Gasteiger partial charge in [0, 0.05) is 59.8 Å². The molecule has 0 spiro atoms. The van der Waals surface area contributed by atoms with Gasteiger partial charge in [0.15, 0.2) is 0 Å². The summed E-state index contributed by atoms with van der Waals surface area (Å²) < 4.78 is 15.2. The van der Waals surface area contributed by atoms with Gasteiger partial charge in [-0.15, -0.1) is 0 Å². The number of hydrogen-bond acceptors (Lipinski definition) is 3. The standard InChI is InChI=1S/C27H29FN4O/c1-17(2)20-8-13-32-26(14-20)30-18(3)22(27(32)33)9-12-31-10-6-19(7-11-31)24-16-29-25-15-21(28)4-5-23(24)25/h4-6,8,13-17,29H,7,9-12H2,1-3H3. The highest BCUT2D eigenvalue weighted by Gasteiger charge is 2.17. The summed E-state index contributed by atoms with van der Waals surface area (Å²) in [5, 5.41) is 1.06. The van der Waals surface area contributed by atoms with Crippen LogP contribution in [0.3, 0.4) is 0 Å². The van der Waals surface area contributed by atoms with Gasteiger partial charge in [0.1, 0.15) is 11.5 Å². The Kier molecular flexibility index (Phi) is 5.62. The molecule has 0 saturated heterocycles. The Hall–Kier alpha value is -3.25. The minimum absolute atomic E-state index is 0.0343. The zero-order valence-corrected chi connectivity index (χ0v) is 19.4. The van der Waals surface area contributed by atoms with Crippen LogP contribution >= 0.6 is 0 Å². The van der Waals surface area contributed by atoms with Gasteiger partial charge in [-0.1, -0.05) is 19.9 Å². The monoisotopic (exact) mass is 444 g/mol. The van der Waals surface area contributed by atoms with E-state index in [0.717, 1.165) is 59.4 Å². The maximum absolute atomic E-state index is 13.5. The summed E-state index contributed by atoms with van der Waals surface area (Å²) >= 11 is 0. The van der Waals surface area contributed by atoms with Crippen LogP contribution in [0.2, 0.25) is 0 Å². The van der Waals surface area contributed by atoms with Gasteiger partial charge in [-0.05, 0) is 67.2 Å². The SMILES string of the molecule is Cc1nc2cc(C(C)C)ccn2c(=O)c1CCN1CC=C(c2c[nH]c3cc(F)ccc23)CC1. The topological polar surface area (TPSA) is 53.4 Å². The van der Waals surface area contributed by atoms with Crippen molar-refractivity contribution >= 4 is 22.1 Å². The van der Waals surface area contributed by atoms with Crippen molar-refractivity contribution in [3.8, 4) is 0 Å². The second-order valence-corrected chi connectivity index (χ2v) is 9.25. The van der Waals surface area contributed by atoms with Gasteiger partial charge in [-0.3, -0.25) is 14.1 Å². The fourth-order valence-electron chi connectivity index (χ4n) is 4.74. The highest BCUT2D eigenvalue weighted by atomic mass is 19.1. The van der Waals surface area contributed by atoms with E-state index >= 15 is 0 Å². The third-order valence-electron chi connectivity index (χ3n) is 6.78. The number of fused-ring (bicyclic) bond motifs is 2. The van der Waals surface area contributed by atoms with Crippen molar-refractivity contribution in [3.05, 3.63) is 87.4 Å². The highest BCUT2D eigenvalue weighted by molar-refractivity contribution is 5.92. The average Bonchev–Trinajstić information content (AvgIpc) is 3.22. The number of pyridine rings is 1. The number of nitrogens with zero attached hydrogens (tertiary/aromatic N) is 3. The molecule has 4 aromatic rings. The van der Waals surface area contributed by atoms with E-state index in [4.69, 9.17) is 4.98 Å². The number of aromatic amines is 1. The molecule has 6 heteroatoms. The van der Waals surface area contributed by atoms with E-state index in [2.05, 4.69) is 29.8 Å². The number of aryl methyl sites for hydroxylation is 1. The Morgan fingerprint density at radius 3 is 2.82 bits per heavy atom. The van der Waals surface area contributed by atoms with Gasteiger partial charge < -0.3 is 4.98 Å². The zero-order chi connectivity index (χ0) is 23.1. The van der Waals surface area contributed by atoms with E-state index in [9.17, 15) is 9.18 Å². The number of benzene rings is 1. The molecule has 1 aliphatic rings. The molecule has 0 saturated carbocycles. The van der Waals surface area contributed by atoms with Crippen LogP contribution in [0.5, 0.6) is 0 Å². The lowest BCUT2D eigenvalue weighted by atomic mass is 9.98. The van der Waals surface area contributed by atoms with Gasteiger partial charge in [0.2, 0.25) is 0 Å². The third kappa shape index (κ3) is 4.11. The van der Waals surface area contributed by atoms with Crippen LogP contribution < -0.4 is 5.56 Å².